The Hall–Kier alpha value is -4.22. The van der Waals surface area contributed by atoms with E-state index in [0.29, 0.717) is 17.0 Å². The minimum absolute atomic E-state index is 0.682. The molecular weight excluding hydrogens is 390 g/mol. The van der Waals surface area contributed by atoms with Gasteiger partial charge in [0.15, 0.2) is 5.65 Å². The van der Waals surface area contributed by atoms with E-state index in [1.807, 2.05) is 49.4 Å². The highest BCUT2D eigenvalue weighted by molar-refractivity contribution is 5.92. The van der Waals surface area contributed by atoms with E-state index in [0.717, 1.165) is 34.0 Å². The molecule has 8 heteroatoms. The molecule has 1 atom stereocenters. The van der Waals surface area contributed by atoms with Gasteiger partial charge < -0.3 is 15.4 Å². The predicted molar refractivity (Wildman–Crippen MR) is 119 cm³/mol. The zero-order valence-electron chi connectivity index (χ0n) is 17.0. The van der Waals surface area contributed by atoms with Crippen LogP contribution in [0.25, 0.3) is 28.1 Å². The molecule has 0 saturated heterocycles. The number of fused-ring (bicyclic) bond motifs is 2. The van der Waals surface area contributed by atoms with Crippen molar-refractivity contribution in [1.29, 1.82) is 0 Å². The van der Waals surface area contributed by atoms with Gasteiger partial charge in [-0.2, -0.15) is 9.61 Å². The van der Waals surface area contributed by atoms with E-state index in [1.165, 1.54) is 0 Å². The molecule has 0 aliphatic heterocycles. The highest BCUT2D eigenvalue weighted by atomic mass is 16.3. The van der Waals surface area contributed by atoms with Gasteiger partial charge in [-0.05, 0) is 44.0 Å². The maximum absolute atomic E-state index is 9.42. The van der Waals surface area contributed by atoms with Crippen molar-refractivity contribution in [3.05, 3.63) is 66.2 Å². The van der Waals surface area contributed by atoms with E-state index in [4.69, 9.17) is 4.98 Å². The van der Waals surface area contributed by atoms with Crippen LogP contribution in [-0.2, 0) is 0 Å². The van der Waals surface area contributed by atoms with Gasteiger partial charge in [0.1, 0.15) is 17.6 Å². The van der Waals surface area contributed by atoms with Crippen molar-refractivity contribution < 1.29 is 5.11 Å². The summed E-state index contributed by atoms with van der Waals surface area (Å²) < 4.78 is 1.74. The Morgan fingerprint density at radius 3 is 2.84 bits per heavy atom. The molecule has 5 rings (SSSR count). The summed E-state index contributed by atoms with van der Waals surface area (Å²) in [6, 6.07) is 13.4. The van der Waals surface area contributed by atoms with Crippen LogP contribution < -0.4 is 5.32 Å². The zero-order valence-corrected chi connectivity index (χ0v) is 17.0. The van der Waals surface area contributed by atoms with E-state index >= 15 is 0 Å². The number of aryl methyl sites for hydroxylation is 1. The molecule has 0 amide bonds. The fourth-order valence-electron chi connectivity index (χ4n) is 3.34. The number of nitrogens with zero attached hydrogens (tertiary/aromatic N) is 5. The van der Waals surface area contributed by atoms with Crippen LogP contribution in [0, 0.1) is 18.8 Å². The summed E-state index contributed by atoms with van der Waals surface area (Å²) in [5, 5.41) is 18.2. The molecule has 0 fully saturated rings. The number of hydrogen-bond donors (Lipinski definition) is 3. The summed E-state index contributed by atoms with van der Waals surface area (Å²) in [6.07, 6.45) is 2.73. The van der Waals surface area contributed by atoms with Crippen molar-refractivity contribution >= 4 is 28.2 Å². The van der Waals surface area contributed by atoms with Crippen LogP contribution >= 0.6 is 0 Å². The first-order valence-electron chi connectivity index (χ1n) is 9.80. The molecule has 0 aliphatic carbocycles. The largest absolute Gasteiger partial charge is 0.381 e. The molecule has 152 valence electrons. The molecule has 5 aromatic heterocycles. The summed E-state index contributed by atoms with van der Waals surface area (Å²) in [5.74, 6) is 6.42. The number of aromatic nitrogens is 6. The standard InChI is InChI=1S/C23H19N7O/c1-14-4-3-5-19(26-14)20-13-22(30-21(29-20)9-11-25-30)28-18-8-10-24-23-17(18)12-16(27-23)7-6-15(2)31/h3-5,8-13,15,31H,1-2H3,(H2,24,27,28)/t15-/m1/s1. The summed E-state index contributed by atoms with van der Waals surface area (Å²) >= 11 is 0. The number of hydrogen-bond acceptors (Lipinski definition) is 6. The second kappa shape index (κ2) is 7.55. The lowest BCUT2D eigenvalue weighted by Crippen LogP contribution is -2.03. The minimum atomic E-state index is -0.699. The van der Waals surface area contributed by atoms with Crippen molar-refractivity contribution in [2.75, 3.05) is 5.32 Å². The highest BCUT2D eigenvalue weighted by Gasteiger charge is 2.12. The van der Waals surface area contributed by atoms with Gasteiger partial charge >= 0.3 is 0 Å². The van der Waals surface area contributed by atoms with Crippen molar-refractivity contribution in [1.82, 2.24) is 29.5 Å². The average molecular weight is 409 g/mol. The first kappa shape index (κ1) is 18.8. The van der Waals surface area contributed by atoms with E-state index in [1.54, 1.807) is 23.8 Å². The highest BCUT2D eigenvalue weighted by Crippen LogP contribution is 2.28. The third-order valence-corrected chi connectivity index (χ3v) is 4.72. The molecule has 0 radical (unpaired) electrons. The predicted octanol–water partition coefficient (Wildman–Crippen LogP) is 3.45. The summed E-state index contributed by atoms with van der Waals surface area (Å²) in [5.41, 5.74) is 5.42. The van der Waals surface area contributed by atoms with Gasteiger partial charge in [0.2, 0.25) is 0 Å². The monoisotopic (exact) mass is 409 g/mol. The van der Waals surface area contributed by atoms with E-state index in [2.05, 4.69) is 37.2 Å². The van der Waals surface area contributed by atoms with Crippen molar-refractivity contribution in [2.45, 2.75) is 20.0 Å². The first-order chi connectivity index (χ1) is 15.1. The van der Waals surface area contributed by atoms with Crippen LogP contribution in [0.2, 0.25) is 0 Å². The Morgan fingerprint density at radius 1 is 1.10 bits per heavy atom. The van der Waals surface area contributed by atoms with Crippen molar-refractivity contribution in [3.63, 3.8) is 0 Å². The van der Waals surface area contributed by atoms with Crippen LogP contribution in [0.3, 0.4) is 0 Å². The maximum Gasteiger partial charge on any atom is 0.158 e. The normalized spacial score (nSPS) is 12.0. The van der Waals surface area contributed by atoms with Crippen molar-refractivity contribution in [3.8, 4) is 23.2 Å². The van der Waals surface area contributed by atoms with Gasteiger partial charge in [0.25, 0.3) is 0 Å². The number of anilines is 2. The fourth-order valence-corrected chi connectivity index (χ4v) is 3.34. The maximum atomic E-state index is 9.42. The Kier molecular flexibility index (Phi) is 4.58. The van der Waals surface area contributed by atoms with Crippen LogP contribution in [0.1, 0.15) is 18.3 Å². The molecule has 0 aromatic carbocycles. The van der Waals surface area contributed by atoms with Gasteiger partial charge in [0, 0.05) is 29.4 Å². The number of aromatic amines is 1. The summed E-state index contributed by atoms with van der Waals surface area (Å²) in [6.45, 7) is 3.58. The Labute approximate surface area is 178 Å². The number of pyridine rings is 2. The SMILES string of the molecule is Cc1cccc(-c2cc(Nc3ccnc4[nH]c(C#C[C@@H](C)O)cc34)n3nccc3n2)n1. The molecule has 0 unspecified atom stereocenters. The lowest BCUT2D eigenvalue weighted by Gasteiger charge is -2.11. The van der Waals surface area contributed by atoms with Crippen molar-refractivity contribution in [2.24, 2.45) is 0 Å². The minimum Gasteiger partial charge on any atom is -0.381 e. The Balaban J connectivity index is 1.60. The second-order valence-electron chi connectivity index (χ2n) is 7.17. The van der Waals surface area contributed by atoms with Crippen LogP contribution in [0.5, 0.6) is 0 Å². The van der Waals surface area contributed by atoms with Gasteiger partial charge in [0.05, 0.1) is 29.0 Å². The Morgan fingerprint density at radius 2 is 2.00 bits per heavy atom. The smallest absolute Gasteiger partial charge is 0.158 e. The molecule has 0 aliphatic rings. The molecule has 5 aromatic rings. The number of H-pyrrole nitrogens is 1. The topological polar surface area (TPSA) is 104 Å². The lowest BCUT2D eigenvalue weighted by atomic mass is 10.2. The van der Waals surface area contributed by atoms with Crippen LogP contribution in [-0.4, -0.2) is 40.8 Å². The average Bonchev–Trinajstić information content (AvgIpc) is 3.39. The Bertz CT molecular complexity index is 1470. The summed E-state index contributed by atoms with van der Waals surface area (Å²) in [4.78, 5) is 16.9. The number of aliphatic hydroxyl groups excluding tert-OH is 1. The lowest BCUT2D eigenvalue weighted by molar-refractivity contribution is 0.253. The number of nitrogens with one attached hydrogen (secondary N) is 2. The third-order valence-electron chi connectivity index (χ3n) is 4.72. The quantitative estimate of drug-likeness (QED) is 0.394. The number of rotatable bonds is 3. The fraction of sp³-hybridized carbons (Fsp3) is 0.130. The van der Waals surface area contributed by atoms with Gasteiger partial charge in [-0.1, -0.05) is 12.0 Å². The molecule has 8 nitrogen and oxygen atoms in total. The van der Waals surface area contributed by atoms with Crippen LogP contribution in [0.4, 0.5) is 11.5 Å². The molecule has 0 bridgehead atoms. The van der Waals surface area contributed by atoms with Crippen LogP contribution in [0.15, 0.2) is 54.9 Å². The molecular formula is C23H19N7O. The first-order valence-corrected chi connectivity index (χ1v) is 9.80. The molecule has 0 spiro atoms. The van der Waals surface area contributed by atoms with Gasteiger partial charge in [-0.25, -0.2) is 9.97 Å². The van der Waals surface area contributed by atoms with Gasteiger partial charge in [-0.3, -0.25) is 4.98 Å². The zero-order chi connectivity index (χ0) is 21.4. The van der Waals surface area contributed by atoms with E-state index in [9.17, 15) is 5.11 Å². The second-order valence-corrected chi connectivity index (χ2v) is 7.17. The summed E-state index contributed by atoms with van der Waals surface area (Å²) in [7, 11) is 0. The molecule has 5 heterocycles. The van der Waals surface area contributed by atoms with E-state index in [-0.39, 0.29) is 0 Å². The third kappa shape index (κ3) is 3.70. The van der Waals surface area contributed by atoms with Gasteiger partial charge in [-0.15, -0.1) is 0 Å². The molecule has 31 heavy (non-hydrogen) atoms. The van der Waals surface area contributed by atoms with E-state index < -0.39 is 6.10 Å². The number of aliphatic hydroxyl groups is 1. The molecule has 0 saturated carbocycles. The molecule has 3 N–H and O–H groups in total.